The maximum absolute atomic E-state index is 5.36. The summed E-state index contributed by atoms with van der Waals surface area (Å²) in [6, 6.07) is 170. The van der Waals surface area contributed by atoms with E-state index in [1.54, 1.807) is 0 Å². The second kappa shape index (κ2) is 31.0. The lowest BCUT2D eigenvalue weighted by Gasteiger charge is -2.13. The van der Waals surface area contributed by atoms with E-state index in [1.807, 2.05) is 48.5 Å². The Labute approximate surface area is 759 Å². The van der Waals surface area contributed by atoms with E-state index in [2.05, 4.69) is 452 Å². The zero-order chi connectivity index (χ0) is 86.9. The molecule has 0 saturated carbocycles. The average molecular weight is 1680 g/mol. The zero-order valence-electron chi connectivity index (χ0n) is 71.5. The number of fused-ring (bicyclic) bond motifs is 18. The fourth-order valence-electron chi connectivity index (χ4n) is 20.5. The number of aromatic nitrogens is 10. The molecule has 0 aliphatic heterocycles. The topological polar surface area (TPSA) is 81.1 Å². The van der Waals surface area contributed by atoms with Gasteiger partial charge in [0.1, 0.15) is 11.6 Å². The van der Waals surface area contributed by atoms with Crippen molar-refractivity contribution in [3.05, 3.63) is 473 Å². The van der Waals surface area contributed by atoms with Crippen LogP contribution in [0, 0.1) is 0 Å². The summed E-state index contributed by atoms with van der Waals surface area (Å²) < 4.78 is 14.2. The van der Waals surface area contributed by atoms with Crippen LogP contribution in [0.15, 0.2) is 473 Å². The second-order valence-electron chi connectivity index (χ2n) is 34.0. The number of hydrogen-bond acceptors (Lipinski definition) is 4. The first-order valence-electron chi connectivity index (χ1n) is 44.9. The minimum atomic E-state index is 0.682. The maximum atomic E-state index is 5.36. The van der Waals surface area contributed by atoms with Crippen molar-refractivity contribution in [1.82, 2.24) is 47.3 Å². The summed E-state index contributed by atoms with van der Waals surface area (Å²) in [4.78, 5) is 21.0. The molecule has 0 atom stereocenters. The molecule has 8 aromatic heterocycles. The molecule has 0 bridgehead atoms. The van der Waals surface area contributed by atoms with Gasteiger partial charge in [-0.2, -0.15) is 0 Å². The summed E-state index contributed by atoms with van der Waals surface area (Å²) in [7, 11) is 0. The van der Waals surface area contributed by atoms with E-state index in [4.69, 9.17) is 19.9 Å². The highest BCUT2D eigenvalue weighted by Crippen LogP contribution is 2.46. The molecule has 27 aromatic rings. The first kappa shape index (κ1) is 75.5. The van der Waals surface area contributed by atoms with E-state index in [0.29, 0.717) is 11.6 Å². The molecular formula is C122H78N10. The minimum Gasteiger partial charge on any atom is -0.309 e. The van der Waals surface area contributed by atoms with Crippen LogP contribution in [0.4, 0.5) is 0 Å². The Morgan fingerprint density at radius 2 is 0.326 bits per heavy atom. The highest BCUT2D eigenvalue weighted by molar-refractivity contribution is 6.18. The van der Waals surface area contributed by atoms with Crippen molar-refractivity contribution in [2.24, 2.45) is 0 Å². The first-order chi connectivity index (χ1) is 65.5. The van der Waals surface area contributed by atoms with Gasteiger partial charge in [0.2, 0.25) is 0 Å². The molecule has 0 spiro atoms. The lowest BCUT2D eigenvalue weighted by Crippen LogP contribution is -2.02. The normalized spacial score (nSPS) is 11.8. The second-order valence-corrected chi connectivity index (χ2v) is 34.0. The SMILES string of the molecule is c1ccc(-c2cc(-n3c4ccc(-c5ccc6c(c5)c5ccccc5n6-c5ccccc5)cc4c4cc(-c5ccc6c(c5)c5ccccc5n6-c5ccccc5)ccc43)nc(-c3ccccc3)n2)cc1.c1ccc(-c2cc(-n3c4ccc(-c5ccc6c(c5)c5ccccc5n6-c5ccccc5)cc4c4cc(-n5c6ccccc6c6ccccc65)ccc43)nc(-c3ccccc3)n2)cc1. The van der Waals surface area contributed by atoms with Crippen LogP contribution in [0.2, 0.25) is 0 Å². The van der Waals surface area contributed by atoms with Gasteiger partial charge in [-0.15, -0.1) is 0 Å². The maximum Gasteiger partial charge on any atom is 0.162 e. The van der Waals surface area contributed by atoms with Gasteiger partial charge in [-0.1, -0.05) is 303 Å². The fourth-order valence-corrected chi connectivity index (χ4v) is 20.5. The third-order valence-electron chi connectivity index (χ3n) is 26.5. The van der Waals surface area contributed by atoms with Gasteiger partial charge in [0.25, 0.3) is 0 Å². The van der Waals surface area contributed by atoms with Gasteiger partial charge in [0.15, 0.2) is 11.6 Å². The average Bonchev–Trinajstić information content (AvgIpc) is 1.59. The molecule has 0 fully saturated rings. The van der Waals surface area contributed by atoms with Crippen molar-refractivity contribution in [3.63, 3.8) is 0 Å². The molecule has 0 unspecified atom stereocenters. The predicted molar refractivity (Wildman–Crippen MR) is 548 cm³/mol. The number of para-hydroxylation sites is 8. The van der Waals surface area contributed by atoms with Crippen molar-refractivity contribution in [2.75, 3.05) is 0 Å². The van der Waals surface area contributed by atoms with Gasteiger partial charge in [-0.3, -0.25) is 9.13 Å². The Hall–Kier alpha value is -17.9. The Kier molecular flexibility index (Phi) is 17.7. The molecule has 19 aromatic carbocycles. The van der Waals surface area contributed by atoms with Gasteiger partial charge >= 0.3 is 0 Å². The van der Waals surface area contributed by atoms with E-state index in [1.165, 1.54) is 92.8 Å². The Balaban J connectivity index is 0.000000139. The van der Waals surface area contributed by atoms with Crippen LogP contribution in [-0.4, -0.2) is 47.3 Å². The minimum absolute atomic E-state index is 0.682. The number of rotatable bonds is 13. The van der Waals surface area contributed by atoms with Gasteiger partial charge in [-0.25, -0.2) is 19.9 Å². The van der Waals surface area contributed by atoms with Crippen molar-refractivity contribution in [3.8, 4) is 113 Å². The van der Waals surface area contributed by atoms with E-state index < -0.39 is 0 Å². The summed E-state index contributed by atoms with van der Waals surface area (Å²) >= 11 is 0. The van der Waals surface area contributed by atoms with Crippen molar-refractivity contribution < 1.29 is 0 Å². The molecule has 0 amide bonds. The molecule has 0 N–H and O–H groups in total. The monoisotopic (exact) mass is 1680 g/mol. The molecule has 8 heterocycles. The van der Waals surface area contributed by atoms with E-state index >= 15 is 0 Å². The highest BCUT2D eigenvalue weighted by Gasteiger charge is 2.25. The smallest absolute Gasteiger partial charge is 0.162 e. The Bertz CT molecular complexity index is 8860. The summed E-state index contributed by atoms with van der Waals surface area (Å²) in [5.74, 6) is 2.99. The largest absolute Gasteiger partial charge is 0.309 e. The van der Waals surface area contributed by atoms with Crippen LogP contribution >= 0.6 is 0 Å². The Morgan fingerprint density at radius 3 is 0.614 bits per heavy atom. The van der Waals surface area contributed by atoms with Crippen LogP contribution in [0.25, 0.3) is 244 Å². The Morgan fingerprint density at radius 1 is 0.121 bits per heavy atom. The van der Waals surface area contributed by atoms with Crippen LogP contribution in [-0.2, 0) is 0 Å². The van der Waals surface area contributed by atoms with Gasteiger partial charge < -0.3 is 18.3 Å². The van der Waals surface area contributed by atoms with Crippen LogP contribution in [0.5, 0.6) is 0 Å². The highest BCUT2D eigenvalue weighted by atomic mass is 15.1. The van der Waals surface area contributed by atoms with Crippen molar-refractivity contribution >= 4 is 131 Å². The number of hydrogen-bond donors (Lipinski definition) is 0. The predicted octanol–water partition coefficient (Wildman–Crippen LogP) is 31.2. The molecule has 0 radical (unpaired) electrons. The van der Waals surface area contributed by atoms with Crippen LogP contribution < -0.4 is 0 Å². The third-order valence-corrected chi connectivity index (χ3v) is 26.5. The molecule has 616 valence electrons. The van der Waals surface area contributed by atoms with E-state index in [0.717, 1.165) is 139 Å². The van der Waals surface area contributed by atoms with E-state index in [-0.39, 0.29) is 0 Å². The van der Waals surface area contributed by atoms with Crippen molar-refractivity contribution in [1.29, 1.82) is 0 Å². The lowest BCUT2D eigenvalue weighted by molar-refractivity contribution is 1.05. The zero-order valence-corrected chi connectivity index (χ0v) is 71.5. The van der Waals surface area contributed by atoms with Gasteiger partial charge in [0, 0.05) is 122 Å². The number of nitrogens with zero attached hydrogens (tertiary/aromatic N) is 10. The summed E-state index contributed by atoms with van der Waals surface area (Å²) in [6.45, 7) is 0. The third kappa shape index (κ3) is 12.6. The fraction of sp³-hybridized carbons (Fsp3) is 0. The summed E-state index contributed by atoms with van der Waals surface area (Å²) in [6.07, 6.45) is 0. The molecule has 27 rings (SSSR count). The van der Waals surface area contributed by atoms with Crippen LogP contribution in [0.1, 0.15) is 0 Å². The molecule has 10 heteroatoms. The van der Waals surface area contributed by atoms with Crippen LogP contribution in [0.3, 0.4) is 0 Å². The van der Waals surface area contributed by atoms with Gasteiger partial charge in [0.05, 0.1) is 77.6 Å². The standard InChI is InChI=1S/C64H41N5.C58H37N5/c1-5-17-42(18-6-1)56-41-63(66-64(65-56)43-19-7-2-8-20-43)69-61-35-31-46(44-29-33-59-52(37-44)50-25-13-15-27-57(50)67(59)48-21-9-3-10-22-48)39-54(61)55-40-47(32-36-62(55)69)45-30-34-60-53(38-45)51-26-14-16-28-58(51)68(60)49-23-11-4-12-24-49;1-4-16-38(17-5-1)50-37-57(60-58(59-50)39-18-6-2-7-19-39)63-55-32-29-41(40-28-31-54-47(34-40)46-24-12-15-27-53(46)61(54)42-20-8-3-9-21-42)35-48(55)49-36-43(30-33-56(49)63)62-51-25-13-10-22-44(51)45-23-11-14-26-52(45)62/h1-41H;1-37H. The molecule has 0 aliphatic rings. The quantitative estimate of drug-likeness (QED) is 0.115. The lowest BCUT2D eigenvalue weighted by atomic mass is 9.98. The summed E-state index contributed by atoms with van der Waals surface area (Å²) in [5, 5.41) is 14.5. The molecule has 0 saturated heterocycles. The number of benzene rings is 19. The summed E-state index contributed by atoms with van der Waals surface area (Å²) in [5.41, 5.74) is 31.1. The molecule has 0 aliphatic carbocycles. The van der Waals surface area contributed by atoms with E-state index in [9.17, 15) is 0 Å². The van der Waals surface area contributed by atoms with Gasteiger partial charge in [-0.05, 0) is 191 Å². The molecule has 10 nitrogen and oxygen atoms in total. The molecule has 132 heavy (non-hydrogen) atoms. The molecular weight excluding hydrogens is 1610 g/mol. The van der Waals surface area contributed by atoms with Crippen molar-refractivity contribution in [2.45, 2.75) is 0 Å². The first-order valence-corrected chi connectivity index (χ1v) is 44.9.